The van der Waals surface area contributed by atoms with E-state index >= 15 is 0 Å². The van der Waals surface area contributed by atoms with E-state index in [4.69, 9.17) is 4.74 Å². The zero-order valence-electron chi connectivity index (χ0n) is 17.0. The van der Waals surface area contributed by atoms with E-state index in [0.29, 0.717) is 11.4 Å². The van der Waals surface area contributed by atoms with E-state index in [2.05, 4.69) is 45.9 Å². The minimum Gasteiger partial charge on any atom is -0.496 e. The molecular formula is C22H28N2O3. The van der Waals surface area contributed by atoms with Gasteiger partial charge >= 0.3 is 0 Å². The van der Waals surface area contributed by atoms with Gasteiger partial charge < -0.3 is 9.64 Å². The standard InChI is InChI=1S/C22H28N2O3/c1-21(2)11-12-22(3,4)18-13-15(7-9-17(18)21)23(5)19-10-8-16(27-6)14-20(19)24(25)26/h7-10,13-14H,11-12H2,1-6H3. The van der Waals surface area contributed by atoms with E-state index in [0.717, 1.165) is 18.5 Å². The summed E-state index contributed by atoms with van der Waals surface area (Å²) in [6, 6.07) is 11.4. The second-order valence-corrected chi connectivity index (χ2v) is 8.67. The number of benzene rings is 2. The van der Waals surface area contributed by atoms with Crippen LogP contribution in [-0.4, -0.2) is 19.1 Å². The Bertz CT molecular complexity index is 887. The highest BCUT2D eigenvalue weighted by Gasteiger charge is 2.37. The Kier molecular flexibility index (Phi) is 4.66. The first-order valence-corrected chi connectivity index (χ1v) is 9.28. The van der Waals surface area contributed by atoms with Crippen molar-refractivity contribution in [2.75, 3.05) is 19.1 Å². The summed E-state index contributed by atoms with van der Waals surface area (Å²) in [6.07, 6.45) is 2.29. The van der Waals surface area contributed by atoms with Gasteiger partial charge in [-0.05, 0) is 59.1 Å². The number of fused-ring (bicyclic) bond motifs is 1. The van der Waals surface area contributed by atoms with Crippen molar-refractivity contribution in [3.05, 3.63) is 57.6 Å². The second-order valence-electron chi connectivity index (χ2n) is 8.67. The zero-order valence-corrected chi connectivity index (χ0v) is 17.0. The van der Waals surface area contributed by atoms with Crippen molar-refractivity contribution in [1.29, 1.82) is 0 Å². The van der Waals surface area contributed by atoms with Crippen molar-refractivity contribution >= 4 is 17.1 Å². The lowest BCUT2D eigenvalue weighted by molar-refractivity contribution is -0.384. The van der Waals surface area contributed by atoms with Gasteiger partial charge in [0.2, 0.25) is 0 Å². The van der Waals surface area contributed by atoms with Gasteiger partial charge in [-0.25, -0.2) is 0 Å². The molecule has 1 aliphatic carbocycles. The van der Waals surface area contributed by atoms with Crippen LogP contribution in [0.2, 0.25) is 0 Å². The highest BCUT2D eigenvalue weighted by atomic mass is 16.6. The Morgan fingerprint density at radius 1 is 1.00 bits per heavy atom. The molecule has 0 fully saturated rings. The molecule has 2 aromatic carbocycles. The third kappa shape index (κ3) is 3.38. The van der Waals surface area contributed by atoms with Crippen molar-refractivity contribution in [3.8, 4) is 5.75 Å². The Morgan fingerprint density at radius 3 is 2.22 bits per heavy atom. The summed E-state index contributed by atoms with van der Waals surface area (Å²) in [5, 5.41) is 11.6. The number of ether oxygens (including phenoxy) is 1. The van der Waals surface area contributed by atoms with Gasteiger partial charge in [-0.15, -0.1) is 0 Å². The van der Waals surface area contributed by atoms with E-state index in [-0.39, 0.29) is 21.4 Å². The van der Waals surface area contributed by atoms with Crippen LogP contribution >= 0.6 is 0 Å². The molecule has 0 aliphatic heterocycles. The predicted molar refractivity (Wildman–Crippen MR) is 109 cm³/mol. The summed E-state index contributed by atoms with van der Waals surface area (Å²) in [5.74, 6) is 0.479. The molecule has 0 heterocycles. The highest BCUT2D eigenvalue weighted by molar-refractivity contribution is 5.73. The molecule has 0 aromatic heterocycles. The van der Waals surface area contributed by atoms with Crippen molar-refractivity contribution < 1.29 is 9.66 Å². The van der Waals surface area contributed by atoms with Crippen LogP contribution in [0.3, 0.4) is 0 Å². The third-order valence-corrected chi connectivity index (χ3v) is 5.96. The smallest absolute Gasteiger partial charge is 0.296 e. The largest absolute Gasteiger partial charge is 0.496 e. The lowest BCUT2D eigenvalue weighted by Gasteiger charge is -2.42. The lowest BCUT2D eigenvalue weighted by atomic mass is 9.63. The number of nitro benzene ring substituents is 1. The Hall–Kier alpha value is -2.56. The molecular weight excluding hydrogens is 340 g/mol. The normalized spacial score (nSPS) is 17.1. The molecule has 0 bridgehead atoms. The van der Waals surface area contributed by atoms with Crippen LogP contribution < -0.4 is 9.64 Å². The van der Waals surface area contributed by atoms with Crippen LogP contribution in [0.1, 0.15) is 51.7 Å². The number of methoxy groups -OCH3 is 1. The predicted octanol–water partition coefficient (Wildman–Crippen LogP) is 5.72. The van der Waals surface area contributed by atoms with Crippen LogP contribution in [0.5, 0.6) is 5.75 Å². The first-order valence-electron chi connectivity index (χ1n) is 9.28. The summed E-state index contributed by atoms with van der Waals surface area (Å²) >= 11 is 0. The number of hydrogen-bond donors (Lipinski definition) is 0. The fourth-order valence-corrected chi connectivity index (χ4v) is 3.98. The van der Waals surface area contributed by atoms with Gasteiger partial charge in [0.1, 0.15) is 11.4 Å². The van der Waals surface area contributed by atoms with Gasteiger partial charge in [-0.3, -0.25) is 10.1 Å². The molecule has 0 saturated carbocycles. The number of rotatable bonds is 4. The van der Waals surface area contributed by atoms with Crippen LogP contribution in [0.4, 0.5) is 17.1 Å². The van der Waals surface area contributed by atoms with E-state index in [1.807, 2.05) is 11.9 Å². The van der Waals surface area contributed by atoms with Crippen LogP contribution in [0.15, 0.2) is 36.4 Å². The maximum Gasteiger partial charge on any atom is 0.296 e. The molecule has 3 rings (SSSR count). The van der Waals surface area contributed by atoms with Crippen LogP contribution in [0.25, 0.3) is 0 Å². The van der Waals surface area contributed by atoms with Gasteiger partial charge in [-0.1, -0.05) is 33.8 Å². The number of nitro groups is 1. The molecule has 0 unspecified atom stereocenters. The van der Waals surface area contributed by atoms with E-state index in [1.165, 1.54) is 24.3 Å². The molecule has 0 atom stereocenters. The summed E-state index contributed by atoms with van der Waals surface area (Å²) in [5.41, 5.74) is 4.48. The SMILES string of the molecule is COc1ccc(N(C)c2ccc3c(c2)C(C)(C)CCC3(C)C)c([N+](=O)[O-])c1. The Morgan fingerprint density at radius 2 is 1.63 bits per heavy atom. The fraction of sp³-hybridized carbons (Fsp3) is 0.455. The Labute approximate surface area is 161 Å². The van der Waals surface area contributed by atoms with Crippen molar-refractivity contribution in [1.82, 2.24) is 0 Å². The molecule has 1 aliphatic rings. The van der Waals surface area contributed by atoms with Crippen molar-refractivity contribution in [3.63, 3.8) is 0 Å². The minimum absolute atomic E-state index is 0.0363. The minimum atomic E-state index is -0.361. The quantitative estimate of drug-likeness (QED) is 0.511. The molecule has 0 N–H and O–H groups in total. The monoisotopic (exact) mass is 368 g/mol. The number of nitrogens with zero attached hydrogens (tertiary/aromatic N) is 2. The second kappa shape index (κ2) is 6.55. The first kappa shape index (κ1) is 19.2. The molecule has 5 nitrogen and oxygen atoms in total. The Balaban J connectivity index is 2.10. The average molecular weight is 368 g/mol. The molecule has 0 radical (unpaired) electrons. The number of hydrogen-bond acceptors (Lipinski definition) is 4. The summed E-state index contributed by atoms with van der Waals surface area (Å²) < 4.78 is 5.15. The maximum absolute atomic E-state index is 11.6. The van der Waals surface area contributed by atoms with Gasteiger partial charge in [0.05, 0.1) is 18.1 Å². The molecule has 0 saturated heterocycles. The van der Waals surface area contributed by atoms with E-state index in [1.54, 1.807) is 12.1 Å². The van der Waals surface area contributed by atoms with Gasteiger partial charge in [0, 0.05) is 12.7 Å². The topological polar surface area (TPSA) is 55.6 Å². The molecule has 0 amide bonds. The maximum atomic E-state index is 11.6. The van der Waals surface area contributed by atoms with Crippen molar-refractivity contribution in [2.45, 2.75) is 51.4 Å². The van der Waals surface area contributed by atoms with Gasteiger partial charge in [0.15, 0.2) is 0 Å². The van der Waals surface area contributed by atoms with E-state index in [9.17, 15) is 10.1 Å². The van der Waals surface area contributed by atoms with Crippen molar-refractivity contribution in [2.24, 2.45) is 0 Å². The van der Waals surface area contributed by atoms with Crippen LogP contribution in [0, 0.1) is 10.1 Å². The summed E-state index contributed by atoms with van der Waals surface area (Å²) in [4.78, 5) is 13.1. The zero-order chi connectivity index (χ0) is 20.0. The van der Waals surface area contributed by atoms with Gasteiger partial charge in [0.25, 0.3) is 5.69 Å². The van der Waals surface area contributed by atoms with Gasteiger partial charge in [-0.2, -0.15) is 0 Å². The lowest BCUT2D eigenvalue weighted by Crippen LogP contribution is -2.34. The first-order chi connectivity index (χ1) is 12.6. The highest BCUT2D eigenvalue weighted by Crippen LogP contribution is 2.47. The summed E-state index contributed by atoms with van der Waals surface area (Å²) in [6.45, 7) is 9.14. The molecule has 2 aromatic rings. The third-order valence-electron chi connectivity index (χ3n) is 5.96. The van der Waals surface area contributed by atoms with E-state index < -0.39 is 0 Å². The fourth-order valence-electron chi connectivity index (χ4n) is 3.98. The molecule has 27 heavy (non-hydrogen) atoms. The summed E-state index contributed by atoms with van der Waals surface area (Å²) in [7, 11) is 3.38. The molecule has 5 heteroatoms. The average Bonchev–Trinajstić information content (AvgIpc) is 2.64. The molecule has 144 valence electrons. The van der Waals surface area contributed by atoms with Crippen LogP contribution in [-0.2, 0) is 10.8 Å². The number of anilines is 2. The molecule has 0 spiro atoms.